The number of rotatable bonds is 2. The molecule has 3 heteroatoms. The molecule has 0 N–H and O–H groups in total. The number of hydrogen-bond donors (Lipinski definition) is 0. The second-order valence-corrected chi connectivity index (χ2v) is 5.65. The summed E-state index contributed by atoms with van der Waals surface area (Å²) in [7, 11) is 0. The minimum absolute atomic E-state index is 0.0481. The van der Waals surface area contributed by atoms with Gasteiger partial charge in [0.15, 0.2) is 5.78 Å². The average Bonchev–Trinajstić information content (AvgIpc) is 2.30. The molecule has 0 heterocycles. The number of hydrogen-bond acceptors (Lipinski definition) is 1. The summed E-state index contributed by atoms with van der Waals surface area (Å²) in [5.74, 6) is -0.0481. The van der Waals surface area contributed by atoms with Crippen molar-refractivity contribution in [1.82, 2.24) is 0 Å². The number of carbonyl (C=O) groups is 1. The Morgan fingerprint density at radius 1 is 1.06 bits per heavy atom. The maximum absolute atomic E-state index is 12.4. The van der Waals surface area contributed by atoms with Crippen molar-refractivity contribution < 1.29 is 4.79 Å². The van der Waals surface area contributed by atoms with Crippen molar-refractivity contribution in [3.63, 3.8) is 0 Å². The van der Waals surface area contributed by atoms with Gasteiger partial charge in [-0.3, -0.25) is 4.79 Å². The maximum atomic E-state index is 12.4. The van der Waals surface area contributed by atoms with Gasteiger partial charge in [0.1, 0.15) is 0 Å². The van der Waals surface area contributed by atoms with Crippen LogP contribution in [0.3, 0.4) is 0 Å². The smallest absolute Gasteiger partial charge is 0.194 e. The molecular weight excluding hydrogens is 312 g/mol. The summed E-state index contributed by atoms with van der Waals surface area (Å²) in [4.78, 5) is 12.4. The molecule has 92 valence electrons. The lowest BCUT2D eigenvalue weighted by molar-refractivity contribution is 0.103. The number of carbonyl (C=O) groups excluding carboxylic acids is 1. The third-order valence-electron chi connectivity index (χ3n) is 2.66. The summed E-state index contributed by atoms with van der Waals surface area (Å²) < 4.78 is 0.847. The molecule has 0 atom stereocenters. The van der Waals surface area contributed by atoms with E-state index in [1.807, 2.05) is 38.1 Å². The highest BCUT2D eigenvalue weighted by atomic mass is 79.9. The van der Waals surface area contributed by atoms with Crippen LogP contribution < -0.4 is 0 Å². The predicted molar refractivity (Wildman–Crippen MR) is 78.5 cm³/mol. The normalized spacial score (nSPS) is 10.4. The van der Waals surface area contributed by atoms with E-state index in [4.69, 9.17) is 11.6 Å². The Kier molecular flexibility index (Phi) is 3.88. The summed E-state index contributed by atoms with van der Waals surface area (Å²) in [6.45, 7) is 3.96. The quantitative estimate of drug-likeness (QED) is 0.715. The first-order valence-electron chi connectivity index (χ1n) is 5.55. The molecule has 1 nitrogen and oxygen atoms in total. The molecule has 0 spiro atoms. The van der Waals surface area contributed by atoms with Gasteiger partial charge >= 0.3 is 0 Å². The molecule has 0 unspecified atom stereocenters. The fourth-order valence-corrected chi connectivity index (χ4v) is 2.50. The van der Waals surface area contributed by atoms with Crippen LogP contribution in [0.1, 0.15) is 27.0 Å². The van der Waals surface area contributed by atoms with Crippen molar-refractivity contribution in [1.29, 1.82) is 0 Å². The van der Waals surface area contributed by atoms with Crippen LogP contribution in [0.15, 0.2) is 40.9 Å². The van der Waals surface area contributed by atoms with Gasteiger partial charge in [0.05, 0.1) is 5.02 Å². The third kappa shape index (κ3) is 2.82. The molecule has 0 aliphatic carbocycles. The van der Waals surface area contributed by atoms with E-state index in [0.29, 0.717) is 16.1 Å². The van der Waals surface area contributed by atoms with Gasteiger partial charge < -0.3 is 0 Å². The monoisotopic (exact) mass is 322 g/mol. The Bertz CT molecular complexity index is 600. The van der Waals surface area contributed by atoms with E-state index < -0.39 is 0 Å². The number of benzene rings is 2. The second-order valence-electron chi connectivity index (χ2n) is 4.33. The van der Waals surface area contributed by atoms with Gasteiger partial charge in [-0.1, -0.05) is 44.7 Å². The topological polar surface area (TPSA) is 17.1 Å². The molecule has 0 amide bonds. The Balaban J connectivity index is 2.51. The van der Waals surface area contributed by atoms with E-state index in [9.17, 15) is 4.79 Å². The zero-order chi connectivity index (χ0) is 13.3. The van der Waals surface area contributed by atoms with Crippen molar-refractivity contribution in [3.8, 4) is 0 Å². The predicted octanol–water partition coefficient (Wildman–Crippen LogP) is 4.95. The van der Waals surface area contributed by atoms with Gasteiger partial charge in [-0.25, -0.2) is 0 Å². The SMILES string of the molecule is Cc1cc(C)cc(C(=O)c2cc(Br)ccc2Cl)c1. The van der Waals surface area contributed by atoms with Gasteiger partial charge in [0.25, 0.3) is 0 Å². The fraction of sp³-hybridized carbons (Fsp3) is 0.133. The fourth-order valence-electron chi connectivity index (χ4n) is 1.93. The molecule has 2 rings (SSSR count). The van der Waals surface area contributed by atoms with E-state index in [1.165, 1.54) is 0 Å². The lowest BCUT2D eigenvalue weighted by Gasteiger charge is -2.06. The molecule has 0 aromatic heterocycles. The number of halogens is 2. The van der Waals surface area contributed by atoms with Crippen molar-refractivity contribution in [2.45, 2.75) is 13.8 Å². The summed E-state index contributed by atoms with van der Waals surface area (Å²) in [6.07, 6.45) is 0. The van der Waals surface area contributed by atoms with Gasteiger partial charge in [0, 0.05) is 15.6 Å². The van der Waals surface area contributed by atoms with Crippen LogP contribution in [0.4, 0.5) is 0 Å². The van der Waals surface area contributed by atoms with E-state index >= 15 is 0 Å². The molecule has 0 aliphatic heterocycles. The Labute approximate surface area is 120 Å². The van der Waals surface area contributed by atoms with Crippen molar-refractivity contribution in [2.75, 3.05) is 0 Å². The van der Waals surface area contributed by atoms with Crippen molar-refractivity contribution >= 4 is 33.3 Å². The number of aryl methyl sites for hydroxylation is 2. The Morgan fingerprint density at radius 2 is 1.67 bits per heavy atom. The molecule has 2 aromatic carbocycles. The highest BCUT2D eigenvalue weighted by Gasteiger charge is 2.13. The largest absolute Gasteiger partial charge is 0.289 e. The first-order chi connectivity index (χ1) is 8.47. The average molecular weight is 324 g/mol. The van der Waals surface area contributed by atoms with Crippen LogP contribution in [0.5, 0.6) is 0 Å². The first kappa shape index (κ1) is 13.3. The van der Waals surface area contributed by atoms with Gasteiger partial charge in [-0.2, -0.15) is 0 Å². The minimum atomic E-state index is -0.0481. The zero-order valence-corrected chi connectivity index (χ0v) is 12.5. The second kappa shape index (κ2) is 5.25. The summed E-state index contributed by atoms with van der Waals surface area (Å²) in [5.41, 5.74) is 3.34. The van der Waals surface area contributed by atoms with E-state index in [2.05, 4.69) is 15.9 Å². The summed E-state index contributed by atoms with van der Waals surface area (Å²) in [6, 6.07) is 11.1. The maximum Gasteiger partial charge on any atom is 0.194 e. The molecule has 2 aromatic rings. The molecule has 0 radical (unpaired) electrons. The lowest BCUT2D eigenvalue weighted by Crippen LogP contribution is -2.03. The molecule has 0 saturated carbocycles. The number of ketones is 1. The highest BCUT2D eigenvalue weighted by molar-refractivity contribution is 9.10. The van der Waals surface area contributed by atoms with Crippen LogP contribution in [-0.2, 0) is 0 Å². The minimum Gasteiger partial charge on any atom is -0.289 e. The van der Waals surface area contributed by atoms with Crippen molar-refractivity contribution in [3.05, 3.63) is 68.1 Å². The molecule has 0 aliphatic rings. The Hall–Kier alpha value is -1.12. The molecule has 0 fully saturated rings. The zero-order valence-electron chi connectivity index (χ0n) is 10.1. The van der Waals surface area contributed by atoms with Crippen molar-refractivity contribution in [2.24, 2.45) is 0 Å². The first-order valence-corrected chi connectivity index (χ1v) is 6.72. The van der Waals surface area contributed by atoms with Crippen LogP contribution in [0, 0.1) is 13.8 Å². The van der Waals surface area contributed by atoms with E-state index in [-0.39, 0.29) is 5.78 Å². The van der Waals surface area contributed by atoms with Gasteiger partial charge in [0.2, 0.25) is 0 Å². The van der Waals surface area contributed by atoms with Crippen LogP contribution in [0.25, 0.3) is 0 Å². The van der Waals surface area contributed by atoms with E-state index in [0.717, 1.165) is 15.6 Å². The molecule has 0 saturated heterocycles. The summed E-state index contributed by atoms with van der Waals surface area (Å²) >= 11 is 9.43. The third-order valence-corrected chi connectivity index (χ3v) is 3.48. The summed E-state index contributed by atoms with van der Waals surface area (Å²) in [5, 5.41) is 0.474. The highest BCUT2D eigenvalue weighted by Crippen LogP contribution is 2.24. The molecule has 18 heavy (non-hydrogen) atoms. The molecule has 0 bridgehead atoms. The van der Waals surface area contributed by atoms with Gasteiger partial charge in [-0.05, 0) is 44.2 Å². The van der Waals surface area contributed by atoms with E-state index in [1.54, 1.807) is 12.1 Å². The van der Waals surface area contributed by atoms with Gasteiger partial charge in [-0.15, -0.1) is 0 Å². The van der Waals surface area contributed by atoms with Crippen LogP contribution in [-0.4, -0.2) is 5.78 Å². The van der Waals surface area contributed by atoms with Crippen LogP contribution >= 0.6 is 27.5 Å². The van der Waals surface area contributed by atoms with Crippen LogP contribution in [0.2, 0.25) is 5.02 Å². The standard InChI is InChI=1S/C15H12BrClO/c1-9-5-10(2)7-11(6-9)15(18)13-8-12(16)3-4-14(13)17/h3-8H,1-2H3. The molecular formula is C15H12BrClO. The lowest BCUT2D eigenvalue weighted by atomic mass is 9.99. The Morgan fingerprint density at radius 3 is 2.28 bits per heavy atom.